The summed E-state index contributed by atoms with van der Waals surface area (Å²) >= 11 is 0. The molecular weight excluding hydrogens is 821 g/mol. The highest BCUT2D eigenvalue weighted by Gasteiger charge is 2.16. The summed E-state index contributed by atoms with van der Waals surface area (Å²) in [5.74, 6) is 0. The summed E-state index contributed by atoms with van der Waals surface area (Å²) < 4.78 is 0. The minimum atomic E-state index is 1.10. The Morgan fingerprint density at radius 1 is 0.206 bits per heavy atom. The first-order valence-corrected chi connectivity index (χ1v) is 23.2. The van der Waals surface area contributed by atoms with Gasteiger partial charge in [-0.2, -0.15) is 0 Å². The predicted octanol–water partition coefficient (Wildman–Crippen LogP) is 18.6. The van der Waals surface area contributed by atoms with Crippen LogP contribution >= 0.6 is 0 Å². The Balaban J connectivity index is 0.896. The number of fused-ring (bicyclic) bond motifs is 2. The molecule has 11 aromatic carbocycles. The average molecular weight is 869 g/mol. The molecule has 0 aromatic heterocycles. The maximum atomic E-state index is 2.33. The van der Waals surface area contributed by atoms with Crippen LogP contribution in [0.5, 0.6) is 0 Å². The van der Waals surface area contributed by atoms with Gasteiger partial charge in [-0.25, -0.2) is 0 Å². The second-order valence-corrected chi connectivity index (χ2v) is 16.9. The fraction of sp³-hybridized carbons (Fsp3) is 0. The first-order chi connectivity index (χ1) is 33.7. The van der Waals surface area contributed by atoms with Crippen LogP contribution in [0.2, 0.25) is 0 Å². The molecule has 0 saturated heterocycles. The van der Waals surface area contributed by atoms with Crippen LogP contribution < -0.4 is 9.80 Å². The molecule has 2 heteroatoms. The lowest BCUT2D eigenvalue weighted by atomic mass is 9.91. The van der Waals surface area contributed by atoms with Gasteiger partial charge in [-0.3, -0.25) is 0 Å². The lowest BCUT2D eigenvalue weighted by molar-refractivity contribution is 1.28. The quantitative estimate of drug-likeness (QED) is 0.0892. The average Bonchev–Trinajstić information content (AvgIpc) is 3.42. The van der Waals surface area contributed by atoms with Gasteiger partial charge in [0.25, 0.3) is 0 Å². The maximum absolute atomic E-state index is 2.33. The second kappa shape index (κ2) is 19.2. The van der Waals surface area contributed by atoms with Gasteiger partial charge >= 0.3 is 0 Å². The third kappa shape index (κ3) is 8.75. The van der Waals surface area contributed by atoms with E-state index >= 15 is 0 Å². The zero-order valence-corrected chi connectivity index (χ0v) is 37.6. The molecule has 11 rings (SSSR count). The summed E-state index contributed by atoms with van der Waals surface area (Å²) in [7, 11) is 0. The maximum Gasteiger partial charge on any atom is 0.0467 e. The van der Waals surface area contributed by atoms with E-state index in [9.17, 15) is 0 Å². The molecule has 0 atom stereocenters. The van der Waals surface area contributed by atoms with E-state index in [0.29, 0.717) is 0 Å². The van der Waals surface area contributed by atoms with E-state index in [4.69, 9.17) is 0 Å². The summed E-state index contributed by atoms with van der Waals surface area (Å²) in [6.07, 6.45) is 9.07. The molecular formula is C66H48N2. The largest absolute Gasteiger partial charge is 0.310 e. The van der Waals surface area contributed by atoms with Gasteiger partial charge in [-0.15, -0.1) is 0 Å². The second-order valence-electron chi connectivity index (χ2n) is 16.9. The van der Waals surface area contributed by atoms with Crippen molar-refractivity contribution in [2.45, 2.75) is 0 Å². The predicted molar refractivity (Wildman–Crippen MR) is 292 cm³/mol. The molecule has 0 radical (unpaired) electrons. The molecule has 68 heavy (non-hydrogen) atoms. The van der Waals surface area contributed by atoms with Crippen LogP contribution in [-0.2, 0) is 0 Å². The van der Waals surface area contributed by atoms with Gasteiger partial charge in [0.15, 0.2) is 0 Å². The lowest BCUT2D eigenvalue weighted by Crippen LogP contribution is -2.09. The van der Waals surface area contributed by atoms with Crippen molar-refractivity contribution in [3.05, 3.63) is 289 Å². The van der Waals surface area contributed by atoms with Gasteiger partial charge in [0.05, 0.1) is 0 Å². The van der Waals surface area contributed by atoms with Crippen LogP contribution in [-0.4, -0.2) is 0 Å². The van der Waals surface area contributed by atoms with Crippen molar-refractivity contribution in [3.8, 4) is 22.3 Å². The summed E-state index contributed by atoms with van der Waals surface area (Å²) in [5.41, 5.74) is 16.1. The standard InChI is InChI=1S/C66H48N2/c1-5-19-51(20-6-1)53-23-17-29-59(47-53)67(55-25-9-3-10-26-55)57-41-35-49(36-42-57)39-45-65-61-31-13-15-33-63(61)66(64-34-16-14-32-62(64)65)46-40-50-37-43-58(44-38-50)68(56-27-11-4-12-28-56)60-30-18-24-54(48-60)52-21-7-2-8-22-52/h1-48H/b45-39+,46-40?. The first kappa shape index (κ1) is 41.7. The number of nitrogens with zero attached hydrogens (tertiary/aromatic N) is 2. The van der Waals surface area contributed by atoms with Crippen molar-refractivity contribution in [2.24, 2.45) is 0 Å². The minimum absolute atomic E-state index is 1.10. The van der Waals surface area contributed by atoms with Gasteiger partial charge in [-0.1, -0.05) is 218 Å². The Morgan fingerprint density at radius 3 is 0.838 bits per heavy atom. The molecule has 0 aliphatic carbocycles. The molecule has 0 saturated carbocycles. The molecule has 0 fully saturated rings. The highest BCUT2D eigenvalue weighted by Crippen LogP contribution is 2.40. The number of benzene rings is 11. The summed E-state index contributed by atoms with van der Waals surface area (Å²) in [6, 6.07) is 95.3. The summed E-state index contributed by atoms with van der Waals surface area (Å²) in [4.78, 5) is 4.65. The normalized spacial score (nSPS) is 11.4. The molecule has 0 aliphatic heterocycles. The van der Waals surface area contributed by atoms with Gasteiger partial charge < -0.3 is 9.80 Å². The number of hydrogen-bond donors (Lipinski definition) is 0. The number of anilines is 6. The van der Waals surface area contributed by atoms with Crippen LogP contribution in [0.15, 0.2) is 267 Å². The van der Waals surface area contributed by atoms with E-state index in [0.717, 1.165) is 45.3 Å². The highest BCUT2D eigenvalue weighted by molar-refractivity contribution is 6.14. The summed E-state index contributed by atoms with van der Waals surface area (Å²) in [6.45, 7) is 0. The van der Waals surface area contributed by atoms with Crippen LogP contribution in [0.4, 0.5) is 34.1 Å². The van der Waals surface area contributed by atoms with Crippen molar-refractivity contribution >= 4 is 80.0 Å². The molecule has 0 unspecified atom stereocenters. The van der Waals surface area contributed by atoms with Crippen LogP contribution in [0.3, 0.4) is 0 Å². The van der Waals surface area contributed by atoms with E-state index in [1.54, 1.807) is 0 Å². The number of para-hydroxylation sites is 2. The third-order valence-corrected chi connectivity index (χ3v) is 12.7. The Morgan fingerprint density at radius 2 is 0.485 bits per heavy atom. The zero-order chi connectivity index (χ0) is 45.5. The third-order valence-electron chi connectivity index (χ3n) is 12.7. The Kier molecular flexibility index (Phi) is 11.8. The molecule has 0 aliphatic rings. The highest BCUT2D eigenvalue weighted by atomic mass is 15.1. The topological polar surface area (TPSA) is 6.48 Å². The van der Waals surface area contributed by atoms with Crippen molar-refractivity contribution in [3.63, 3.8) is 0 Å². The smallest absolute Gasteiger partial charge is 0.0467 e. The van der Waals surface area contributed by atoms with E-state index in [2.05, 4.69) is 301 Å². The Hall–Kier alpha value is -8.98. The first-order valence-electron chi connectivity index (χ1n) is 23.2. The van der Waals surface area contributed by atoms with Gasteiger partial charge in [0.1, 0.15) is 0 Å². The molecule has 0 heterocycles. The van der Waals surface area contributed by atoms with Crippen LogP contribution in [0.25, 0.3) is 68.1 Å². The number of hydrogen-bond acceptors (Lipinski definition) is 2. The lowest BCUT2D eigenvalue weighted by Gasteiger charge is -2.26. The molecule has 0 amide bonds. The van der Waals surface area contributed by atoms with E-state index < -0.39 is 0 Å². The molecule has 0 bridgehead atoms. The van der Waals surface area contributed by atoms with Crippen molar-refractivity contribution < 1.29 is 0 Å². The summed E-state index contributed by atoms with van der Waals surface area (Å²) in [5, 5.41) is 4.88. The SMILES string of the molecule is C(=Cc1c2ccccc2c(/C=C/c2ccc(N(c3ccccc3)c3cccc(-c4ccccc4)c3)cc2)c2ccccc12)c1ccc(N(c2ccccc2)c2cccc(-c3ccccc3)c2)cc1. The molecule has 2 nitrogen and oxygen atoms in total. The molecule has 0 N–H and O–H groups in total. The molecule has 11 aromatic rings. The molecule has 0 spiro atoms. The van der Waals surface area contributed by atoms with Crippen molar-refractivity contribution in [2.75, 3.05) is 9.80 Å². The Labute approximate surface area is 399 Å². The molecule has 322 valence electrons. The fourth-order valence-corrected chi connectivity index (χ4v) is 9.34. The minimum Gasteiger partial charge on any atom is -0.310 e. The Bertz CT molecular complexity index is 3230. The van der Waals surface area contributed by atoms with E-state index in [1.807, 2.05) is 0 Å². The van der Waals surface area contributed by atoms with Gasteiger partial charge in [0.2, 0.25) is 0 Å². The van der Waals surface area contributed by atoms with Crippen LogP contribution in [0, 0.1) is 0 Å². The van der Waals surface area contributed by atoms with Crippen LogP contribution in [0.1, 0.15) is 22.3 Å². The van der Waals surface area contributed by atoms with Crippen molar-refractivity contribution in [1.82, 2.24) is 0 Å². The zero-order valence-electron chi connectivity index (χ0n) is 37.6. The van der Waals surface area contributed by atoms with E-state index in [1.165, 1.54) is 54.9 Å². The van der Waals surface area contributed by atoms with Gasteiger partial charge in [-0.05, 0) is 139 Å². The van der Waals surface area contributed by atoms with E-state index in [-0.39, 0.29) is 0 Å². The number of rotatable bonds is 12. The monoisotopic (exact) mass is 868 g/mol. The van der Waals surface area contributed by atoms with Gasteiger partial charge in [0, 0.05) is 34.1 Å². The fourth-order valence-electron chi connectivity index (χ4n) is 9.34. The van der Waals surface area contributed by atoms with Crippen molar-refractivity contribution in [1.29, 1.82) is 0 Å².